The van der Waals surface area contributed by atoms with Gasteiger partial charge in [0.15, 0.2) is 9.84 Å². The summed E-state index contributed by atoms with van der Waals surface area (Å²) in [5.41, 5.74) is 1.19. The molecule has 0 saturated carbocycles. The number of hydrogen-bond donors (Lipinski definition) is 1. The van der Waals surface area contributed by atoms with Crippen LogP contribution < -0.4 is 5.32 Å². The Labute approximate surface area is 118 Å². The van der Waals surface area contributed by atoms with E-state index >= 15 is 0 Å². The Kier molecular flexibility index (Phi) is 3.66. The molecule has 1 N–H and O–H groups in total. The van der Waals surface area contributed by atoms with E-state index in [-0.39, 0.29) is 5.92 Å². The van der Waals surface area contributed by atoms with Crippen LogP contribution in [0.3, 0.4) is 0 Å². The number of fused-ring (bicyclic) bond motifs is 1. The highest BCUT2D eigenvalue weighted by molar-refractivity contribution is 7.91. The topological polar surface area (TPSA) is 59.1 Å². The molecule has 1 aromatic rings. The largest absolute Gasteiger partial charge is 0.309 e. The molecular weight excluding hydrogens is 280 g/mol. The summed E-state index contributed by atoms with van der Waals surface area (Å²) in [7, 11) is -2.82. The van der Waals surface area contributed by atoms with E-state index in [0.29, 0.717) is 17.5 Å². The van der Waals surface area contributed by atoms with Crippen molar-refractivity contribution in [2.24, 2.45) is 0 Å². The van der Waals surface area contributed by atoms with Crippen LogP contribution in [0.15, 0.2) is 0 Å². The fourth-order valence-electron chi connectivity index (χ4n) is 3.05. The molecule has 0 aromatic carbocycles. The minimum atomic E-state index is -2.82. The number of thiazole rings is 1. The number of rotatable bonds is 3. The van der Waals surface area contributed by atoms with Crippen LogP contribution in [0.4, 0.5) is 0 Å². The molecule has 3 rings (SSSR count). The molecule has 0 spiro atoms. The van der Waals surface area contributed by atoms with Gasteiger partial charge in [0.05, 0.1) is 28.2 Å². The SMILES string of the molecule is CCNC1CCCc2sc(C3CCS(=O)(=O)C3)nc21. The highest BCUT2D eigenvalue weighted by atomic mass is 32.2. The van der Waals surface area contributed by atoms with Crippen molar-refractivity contribution in [1.82, 2.24) is 10.3 Å². The van der Waals surface area contributed by atoms with Crippen molar-refractivity contribution in [3.63, 3.8) is 0 Å². The van der Waals surface area contributed by atoms with Crippen molar-refractivity contribution < 1.29 is 8.42 Å². The van der Waals surface area contributed by atoms with Crippen molar-refractivity contribution >= 4 is 21.2 Å². The lowest BCUT2D eigenvalue weighted by Gasteiger charge is -2.21. The van der Waals surface area contributed by atoms with Crippen LogP contribution in [0, 0.1) is 0 Å². The molecule has 19 heavy (non-hydrogen) atoms. The zero-order valence-electron chi connectivity index (χ0n) is 11.2. The molecular formula is C13H20N2O2S2. The Morgan fingerprint density at radius 2 is 2.26 bits per heavy atom. The first-order valence-corrected chi connectivity index (χ1v) is 9.66. The normalized spacial score (nSPS) is 29.3. The van der Waals surface area contributed by atoms with E-state index in [2.05, 4.69) is 12.2 Å². The molecule has 1 saturated heterocycles. The Bertz CT molecular complexity index is 565. The van der Waals surface area contributed by atoms with Gasteiger partial charge in [-0.25, -0.2) is 13.4 Å². The van der Waals surface area contributed by atoms with Gasteiger partial charge in [0.2, 0.25) is 0 Å². The van der Waals surface area contributed by atoms with Crippen molar-refractivity contribution in [3.8, 4) is 0 Å². The van der Waals surface area contributed by atoms with E-state index in [1.807, 2.05) is 0 Å². The van der Waals surface area contributed by atoms with Crippen LogP contribution in [0.1, 0.15) is 53.7 Å². The predicted molar refractivity (Wildman–Crippen MR) is 77.5 cm³/mol. The number of nitrogens with one attached hydrogen (secondary N) is 1. The first-order chi connectivity index (χ1) is 9.09. The van der Waals surface area contributed by atoms with Crippen molar-refractivity contribution in [1.29, 1.82) is 0 Å². The molecule has 0 amide bonds. The Morgan fingerprint density at radius 3 is 2.95 bits per heavy atom. The lowest BCUT2D eigenvalue weighted by Crippen LogP contribution is -2.24. The summed E-state index contributed by atoms with van der Waals surface area (Å²) in [4.78, 5) is 6.16. The monoisotopic (exact) mass is 300 g/mol. The van der Waals surface area contributed by atoms with E-state index in [9.17, 15) is 8.42 Å². The molecule has 2 unspecified atom stereocenters. The first-order valence-electron chi connectivity index (χ1n) is 7.02. The smallest absolute Gasteiger partial charge is 0.151 e. The average Bonchev–Trinajstić information content (AvgIpc) is 2.93. The van der Waals surface area contributed by atoms with Crippen LogP contribution >= 0.6 is 11.3 Å². The molecule has 106 valence electrons. The highest BCUT2D eigenvalue weighted by Gasteiger charge is 2.33. The number of aromatic nitrogens is 1. The third kappa shape index (κ3) is 2.71. The quantitative estimate of drug-likeness (QED) is 0.928. The number of nitrogens with zero attached hydrogens (tertiary/aromatic N) is 1. The fourth-order valence-corrected chi connectivity index (χ4v) is 6.20. The standard InChI is InChI=1S/C13H20N2O2S2/c1-2-14-10-4-3-5-11-12(10)15-13(18-11)9-6-7-19(16,17)8-9/h9-10,14H,2-8H2,1H3. The summed E-state index contributed by atoms with van der Waals surface area (Å²) in [6, 6.07) is 0.372. The van der Waals surface area contributed by atoms with Crippen LogP contribution in [0.2, 0.25) is 0 Å². The third-order valence-electron chi connectivity index (χ3n) is 4.00. The Hall–Kier alpha value is -0.460. The first kappa shape index (κ1) is 13.5. The summed E-state index contributed by atoms with van der Waals surface area (Å²) >= 11 is 1.75. The fraction of sp³-hybridized carbons (Fsp3) is 0.769. The second-order valence-electron chi connectivity index (χ2n) is 5.46. The minimum absolute atomic E-state index is 0.142. The average molecular weight is 300 g/mol. The summed E-state index contributed by atoms with van der Waals surface area (Å²) in [6.45, 7) is 3.07. The summed E-state index contributed by atoms with van der Waals surface area (Å²) < 4.78 is 23.2. The second kappa shape index (κ2) is 5.14. The van der Waals surface area contributed by atoms with Gasteiger partial charge in [-0.1, -0.05) is 6.92 Å². The molecule has 1 aliphatic heterocycles. The Morgan fingerprint density at radius 1 is 1.42 bits per heavy atom. The number of hydrogen-bond acceptors (Lipinski definition) is 5. The zero-order chi connectivity index (χ0) is 13.5. The van der Waals surface area contributed by atoms with Crippen LogP contribution in [0.25, 0.3) is 0 Å². The van der Waals surface area contributed by atoms with Crippen LogP contribution in [-0.4, -0.2) is 31.5 Å². The van der Waals surface area contributed by atoms with Gasteiger partial charge in [0.25, 0.3) is 0 Å². The van der Waals surface area contributed by atoms with Crippen LogP contribution in [-0.2, 0) is 16.3 Å². The predicted octanol–water partition coefficient (Wildman–Crippen LogP) is 2.03. The molecule has 6 heteroatoms. The molecule has 0 bridgehead atoms. The van der Waals surface area contributed by atoms with Gasteiger partial charge in [-0.05, 0) is 32.2 Å². The maximum Gasteiger partial charge on any atom is 0.151 e. The minimum Gasteiger partial charge on any atom is -0.309 e. The van der Waals surface area contributed by atoms with Crippen molar-refractivity contribution in [2.75, 3.05) is 18.1 Å². The lowest BCUT2D eigenvalue weighted by atomic mass is 9.97. The van der Waals surface area contributed by atoms with Gasteiger partial charge >= 0.3 is 0 Å². The zero-order valence-corrected chi connectivity index (χ0v) is 12.8. The van der Waals surface area contributed by atoms with Gasteiger partial charge in [-0.15, -0.1) is 11.3 Å². The van der Waals surface area contributed by atoms with E-state index in [4.69, 9.17) is 4.98 Å². The third-order valence-corrected chi connectivity index (χ3v) is 7.06. The molecule has 1 fully saturated rings. The number of sulfone groups is 1. The number of aryl methyl sites for hydroxylation is 1. The van der Waals surface area contributed by atoms with Crippen molar-refractivity contribution in [2.45, 2.75) is 44.6 Å². The van der Waals surface area contributed by atoms with Gasteiger partial charge in [-0.3, -0.25) is 0 Å². The Balaban J connectivity index is 1.86. The summed E-state index contributed by atoms with van der Waals surface area (Å²) in [5, 5.41) is 4.54. The van der Waals surface area contributed by atoms with Gasteiger partial charge in [-0.2, -0.15) is 0 Å². The van der Waals surface area contributed by atoms with Crippen molar-refractivity contribution in [3.05, 3.63) is 15.6 Å². The molecule has 4 nitrogen and oxygen atoms in total. The lowest BCUT2D eigenvalue weighted by molar-refractivity contribution is 0.464. The van der Waals surface area contributed by atoms with Gasteiger partial charge in [0.1, 0.15) is 0 Å². The second-order valence-corrected chi connectivity index (χ2v) is 8.81. The molecule has 1 aromatic heterocycles. The van der Waals surface area contributed by atoms with E-state index in [0.717, 1.165) is 30.8 Å². The molecule has 2 atom stereocenters. The maximum atomic E-state index is 11.6. The molecule has 1 aliphatic carbocycles. The van der Waals surface area contributed by atoms with Gasteiger partial charge < -0.3 is 5.32 Å². The van der Waals surface area contributed by atoms with E-state index in [1.165, 1.54) is 17.0 Å². The molecule has 2 heterocycles. The highest BCUT2D eigenvalue weighted by Crippen LogP contribution is 2.38. The van der Waals surface area contributed by atoms with Gasteiger partial charge in [0, 0.05) is 10.8 Å². The van der Waals surface area contributed by atoms with E-state index in [1.54, 1.807) is 11.3 Å². The summed E-state index contributed by atoms with van der Waals surface area (Å²) in [5.74, 6) is 0.770. The maximum absolute atomic E-state index is 11.6. The van der Waals surface area contributed by atoms with E-state index < -0.39 is 9.84 Å². The van der Waals surface area contributed by atoms with Crippen LogP contribution in [0.5, 0.6) is 0 Å². The molecule has 0 radical (unpaired) electrons. The summed E-state index contributed by atoms with van der Waals surface area (Å²) in [6.07, 6.45) is 4.21. The molecule has 2 aliphatic rings.